The lowest BCUT2D eigenvalue weighted by atomic mass is 10.3. The quantitative estimate of drug-likeness (QED) is 0.742. The van der Waals surface area contributed by atoms with Crippen molar-refractivity contribution < 1.29 is 9.84 Å². The van der Waals surface area contributed by atoms with Gasteiger partial charge in [-0.1, -0.05) is 6.92 Å². The molecule has 1 saturated heterocycles. The summed E-state index contributed by atoms with van der Waals surface area (Å²) in [5, 5.41) is 9.65. The first-order valence-corrected chi connectivity index (χ1v) is 6.35. The Labute approximate surface area is 90.8 Å². The highest BCUT2D eigenvalue weighted by Gasteiger charge is 2.12. The van der Waals surface area contributed by atoms with E-state index in [2.05, 4.69) is 11.8 Å². The van der Waals surface area contributed by atoms with Gasteiger partial charge in [0.1, 0.15) is 0 Å². The summed E-state index contributed by atoms with van der Waals surface area (Å²) in [7, 11) is 0. The van der Waals surface area contributed by atoms with E-state index in [4.69, 9.17) is 4.74 Å². The van der Waals surface area contributed by atoms with E-state index in [1.165, 1.54) is 0 Å². The molecule has 1 fully saturated rings. The molecular weight excluding hydrogens is 198 g/mol. The Kier molecular flexibility index (Phi) is 5.86. The fourth-order valence-electron chi connectivity index (χ4n) is 1.33. The number of ether oxygens (including phenoxy) is 1. The van der Waals surface area contributed by atoms with Gasteiger partial charge in [0.25, 0.3) is 0 Å². The van der Waals surface area contributed by atoms with Crippen molar-refractivity contribution in [2.24, 2.45) is 0 Å². The molecule has 0 spiro atoms. The fourth-order valence-corrected chi connectivity index (χ4v) is 2.35. The van der Waals surface area contributed by atoms with Crippen molar-refractivity contribution in [2.45, 2.75) is 25.2 Å². The molecule has 0 aliphatic carbocycles. The lowest BCUT2D eigenvalue weighted by Crippen LogP contribution is -2.37. The minimum atomic E-state index is -0.204. The van der Waals surface area contributed by atoms with Crippen molar-refractivity contribution in [2.75, 3.05) is 38.6 Å². The Morgan fingerprint density at radius 3 is 2.57 bits per heavy atom. The molecule has 3 nitrogen and oxygen atoms in total. The van der Waals surface area contributed by atoms with Crippen LogP contribution in [0.2, 0.25) is 0 Å². The smallest absolute Gasteiger partial charge is 0.0627 e. The molecule has 1 aliphatic heterocycles. The number of hydrogen-bond donors (Lipinski definition) is 1. The van der Waals surface area contributed by atoms with Crippen LogP contribution in [0.5, 0.6) is 0 Å². The molecule has 0 amide bonds. The minimum absolute atomic E-state index is 0.204. The molecule has 0 aromatic carbocycles. The van der Waals surface area contributed by atoms with Crippen LogP contribution in [0.15, 0.2) is 0 Å². The average Bonchev–Trinajstić information content (AvgIpc) is 2.19. The number of aliphatic hydroxyl groups excluding tert-OH is 1. The average molecular weight is 219 g/mol. The number of hydrogen-bond acceptors (Lipinski definition) is 4. The zero-order valence-electron chi connectivity index (χ0n) is 9.11. The molecule has 0 aromatic rings. The molecule has 84 valence electrons. The Morgan fingerprint density at radius 2 is 2.00 bits per heavy atom. The summed E-state index contributed by atoms with van der Waals surface area (Å²) in [5.41, 5.74) is 0. The van der Waals surface area contributed by atoms with E-state index in [-0.39, 0.29) is 6.10 Å². The highest BCUT2D eigenvalue weighted by Crippen LogP contribution is 2.14. The van der Waals surface area contributed by atoms with E-state index in [9.17, 15) is 5.11 Å². The SMILES string of the molecule is CC(O)C(C)SCCN1CCOCC1. The van der Waals surface area contributed by atoms with Crippen LogP contribution in [0, 0.1) is 0 Å². The highest BCUT2D eigenvalue weighted by molar-refractivity contribution is 7.99. The van der Waals surface area contributed by atoms with Crippen molar-refractivity contribution in [3.05, 3.63) is 0 Å². The van der Waals surface area contributed by atoms with Gasteiger partial charge in [-0.25, -0.2) is 0 Å². The van der Waals surface area contributed by atoms with Crippen LogP contribution >= 0.6 is 11.8 Å². The van der Waals surface area contributed by atoms with Gasteiger partial charge in [-0.05, 0) is 6.92 Å². The van der Waals surface area contributed by atoms with Crippen molar-refractivity contribution in [1.29, 1.82) is 0 Å². The van der Waals surface area contributed by atoms with Gasteiger partial charge in [-0.15, -0.1) is 0 Å². The number of nitrogens with zero attached hydrogens (tertiary/aromatic N) is 1. The highest BCUT2D eigenvalue weighted by atomic mass is 32.2. The monoisotopic (exact) mass is 219 g/mol. The third-order valence-corrected chi connectivity index (χ3v) is 3.91. The second-order valence-electron chi connectivity index (χ2n) is 3.77. The van der Waals surface area contributed by atoms with Gasteiger partial charge in [-0.3, -0.25) is 4.90 Å². The molecule has 2 atom stereocenters. The maximum atomic E-state index is 9.30. The topological polar surface area (TPSA) is 32.7 Å². The van der Waals surface area contributed by atoms with E-state index < -0.39 is 0 Å². The van der Waals surface area contributed by atoms with Crippen LogP contribution in [0.1, 0.15) is 13.8 Å². The van der Waals surface area contributed by atoms with Crippen molar-refractivity contribution in [3.8, 4) is 0 Å². The molecule has 4 heteroatoms. The molecule has 0 saturated carbocycles. The predicted octanol–water partition coefficient (Wildman–Crippen LogP) is 0.821. The van der Waals surface area contributed by atoms with Crippen molar-refractivity contribution >= 4 is 11.8 Å². The summed E-state index contributed by atoms with van der Waals surface area (Å²) < 4.78 is 5.28. The largest absolute Gasteiger partial charge is 0.392 e. The standard InChI is InChI=1S/C10H21NO2S/c1-9(12)10(2)14-8-5-11-3-6-13-7-4-11/h9-10,12H,3-8H2,1-2H3. The van der Waals surface area contributed by atoms with Crippen LogP contribution < -0.4 is 0 Å². The van der Waals surface area contributed by atoms with Crippen molar-refractivity contribution in [1.82, 2.24) is 4.90 Å². The zero-order valence-corrected chi connectivity index (χ0v) is 9.92. The molecule has 1 N–H and O–H groups in total. The summed E-state index contributed by atoms with van der Waals surface area (Å²) in [6.07, 6.45) is -0.204. The van der Waals surface area contributed by atoms with Gasteiger partial charge in [0.05, 0.1) is 19.3 Å². The van der Waals surface area contributed by atoms with Gasteiger partial charge in [-0.2, -0.15) is 11.8 Å². The molecule has 0 bridgehead atoms. The summed E-state index contributed by atoms with van der Waals surface area (Å²) in [6.45, 7) is 8.91. The van der Waals surface area contributed by atoms with Crippen LogP contribution in [0.4, 0.5) is 0 Å². The lowest BCUT2D eigenvalue weighted by Gasteiger charge is -2.26. The van der Waals surface area contributed by atoms with Gasteiger partial charge in [0.2, 0.25) is 0 Å². The zero-order chi connectivity index (χ0) is 10.4. The molecule has 1 heterocycles. The van der Waals surface area contributed by atoms with Crippen LogP contribution in [-0.4, -0.2) is 60.0 Å². The van der Waals surface area contributed by atoms with E-state index in [1.807, 2.05) is 18.7 Å². The van der Waals surface area contributed by atoms with Crippen LogP contribution in [0.25, 0.3) is 0 Å². The summed E-state index contributed by atoms with van der Waals surface area (Å²) >= 11 is 1.85. The maximum absolute atomic E-state index is 9.30. The Balaban J connectivity index is 2.02. The fraction of sp³-hybridized carbons (Fsp3) is 1.00. The van der Waals surface area contributed by atoms with Crippen LogP contribution in [-0.2, 0) is 4.74 Å². The van der Waals surface area contributed by atoms with E-state index in [1.54, 1.807) is 0 Å². The van der Waals surface area contributed by atoms with E-state index in [0.717, 1.165) is 38.6 Å². The van der Waals surface area contributed by atoms with E-state index >= 15 is 0 Å². The second kappa shape index (κ2) is 6.67. The van der Waals surface area contributed by atoms with Gasteiger partial charge in [0.15, 0.2) is 0 Å². The maximum Gasteiger partial charge on any atom is 0.0627 e. The van der Waals surface area contributed by atoms with E-state index in [0.29, 0.717) is 5.25 Å². The lowest BCUT2D eigenvalue weighted by molar-refractivity contribution is 0.0409. The molecule has 1 aliphatic rings. The van der Waals surface area contributed by atoms with Gasteiger partial charge < -0.3 is 9.84 Å². The van der Waals surface area contributed by atoms with Crippen molar-refractivity contribution in [3.63, 3.8) is 0 Å². The Morgan fingerprint density at radius 1 is 1.36 bits per heavy atom. The molecule has 1 rings (SSSR count). The summed E-state index contributed by atoms with van der Waals surface area (Å²) in [6, 6.07) is 0. The second-order valence-corrected chi connectivity index (χ2v) is 5.26. The number of thioether (sulfide) groups is 1. The predicted molar refractivity (Wildman–Crippen MR) is 60.9 cm³/mol. The third kappa shape index (κ3) is 4.64. The Hall–Kier alpha value is 0.230. The molecule has 2 unspecified atom stereocenters. The molecule has 0 radical (unpaired) electrons. The van der Waals surface area contributed by atoms with Gasteiger partial charge >= 0.3 is 0 Å². The summed E-state index contributed by atoms with van der Waals surface area (Å²) in [5.74, 6) is 1.10. The number of morpholine rings is 1. The van der Waals surface area contributed by atoms with Crippen LogP contribution in [0.3, 0.4) is 0 Å². The first kappa shape index (κ1) is 12.3. The minimum Gasteiger partial charge on any atom is -0.392 e. The number of aliphatic hydroxyl groups is 1. The molecule has 0 aromatic heterocycles. The Bertz CT molecular complexity index is 149. The van der Waals surface area contributed by atoms with Gasteiger partial charge in [0, 0.05) is 30.6 Å². The third-order valence-electron chi connectivity index (χ3n) is 2.57. The number of rotatable bonds is 5. The first-order chi connectivity index (χ1) is 6.70. The molecule has 14 heavy (non-hydrogen) atoms. The normalized spacial score (nSPS) is 23.4. The summed E-state index contributed by atoms with van der Waals surface area (Å²) in [4.78, 5) is 2.42. The molecular formula is C10H21NO2S. The first-order valence-electron chi connectivity index (χ1n) is 5.30.